The van der Waals surface area contributed by atoms with Gasteiger partial charge in [-0.2, -0.15) is 0 Å². The van der Waals surface area contributed by atoms with E-state index in [0.29, 0.717) is 0 Å². The number of hydrogen-bond donors (Lipinski definition) is 1. The molecule has 1 aliphatic carbocycles. The van der Waals surface area contributed by atoms with E-state index >= 15 is 0 Å². The van der Waals surface area contributed by atoms with Gasteiger partial charge in [-0.3, -0.25) is 0 Å². The Morgan fingerprint density at radius 1 is 1.15 bits per heavy atom. The van der Waals surface area contributed by atoms with Crippen LogP contribution in [0.5, 0.6) is 0 Å². The summed E-state index contributed by atoms with van der Waals surface area (Å²) in [5.41, 5.74) is 1.27. The Labute approximate surface area is 137 Å². The van der Waals surface area contributed by atoms with Crippen molar-refractivity contribution >= 4 is 44.7 Å². The minimum Gasteiger partial charge on any atom is -0.379 e. The van der Waals surface area contributed by atoms with Crippen molar-refractivity contribution in [1.29, 1.82) is 0 Å². The summed E-state index contributed by atoms with van der Waals surface area (Å²) >= 11 is 7.36. The van der Waals surface area contributed by atoms with Gasteiger partial charge >= 0.3 is 0 Å². The third kappa shape index (κ3) is 3.80. The van der Waals surface area contributed by atoms with Crippen LogP contribution in [0.1, 0.15) is 30.6 Å². The number of halogens is 1. The van der Waals surface area contributed by atoms with E-state index in [2.05, 4.69) is 57.6 Å². The van der Waals surface area contributed by atoms with Gasteiger partial charge in [0.05, 0.1) is 3.79 Å². The molecule has 0 bridgehead atoms. The normalized spacial score (nSPS) is 15.7. The highest BCUT2D eigenvalue weighted by molar-refractivity contribution is 9.11. The first kappa shape index (κ1) is 14.5. The smallest absolute Gasteiger partial charge is 0.0702 e. The minimum atomic E-state index is 0.814. The highest BCUT2D eigenvalue weighted by Crippen LogP contribution is 2.38. The summed E-state index contributed by atoms with van der Waals surface area (Å²) in [6.07, 6.45) is 5.54. The molecule has 106 valence electrons. The highest BCUT2D eigenvalue weighted by atomic mass is 79.9. The van der Waals surface area contributed by atoms with E-state index in [-0.39, 0.29) is 0 Å². The van der Waals surface area contributed by atoms with Crippen LogP contribution in [0, 0.1) is 0 Å². The monoisotopic (exact) mass is 367 g/mol. The van der Waals surface area contributed by atoms with Gasteiger partial charge in [0.1, 0.15) is 0 Å². The van der Waals surface area contributed by atoms with Crippen LogP contribution in [0.4, 0.5) is 5.69 Å². The quantitative estimate of drug-likeness (QED) is 0.679. The molecule has 20 heavy (non-hydrogen) atoms. The molecular formula is C16H18BrNS2. The lowest BCUT2D eigenvalue weighted by Gasteiger charge is -2.14. The maximum atomic E-state index is 3.59. The zero-order valence-electron chi connectivity index (χ0n) is 11.3. The molecule has 0 spiro atoms. The van der Waals surface area contributed by atoms with E-state index in [9.17, 15) is 0 Å². The third-order valence-corrected chi connectivity index (χ3v) is 6.60. The van der Waals surface area contributed by atoms with Crippen LogP contribution in [-0.2, 0) is 6.54 Å². The highest BCUT2D eigenvalue weighted by Gasteiger charge is 2.17. The molecule has 0 unspecified atom stereocenters. The first-order chi connectivity index (χ1) is 9.81. The van der Waals surface area contributed by atoms with Crippen molar-refractivity contribution in [1.82, 2.24) is 0 Å². The van der Waals surface area contributed by atoms with Gasteiger partial charge in [-0.05, 0) is 53.0 Å². The average molecular weight is 368 g/mol. The Balaban J connectivity index is 1.65. The van der Waals surface area contributed by atoms with Crippen molar-refractivity contribution in [2.75, 3.05) is 5.32 Å². The Morgan fingerprint density at radius 2 is 1.95 bits per heavy atom. The number of hydrogen-bond acceptors (Lipinski definition) is 3. The lowest BCUT2D eigenvalue weighted by Crippen LogP contribution is -2.00. The number of nitrogens with one attached hydrogen (secondary N) is 1. The summed E-state index contributed by atoms with van der Waals surface area (Å²) in [7, 11) is 0. The van der Waals surface area contributed by atoms with E-state index in [1.807, 2.05) is 11.8 Å². The van der Waals surface area contributed by atoms with Gasteiger partial charge in [-0.15, -0.1) is 23.1 Å². The maximum absolute atomic E-state index is 3.59. The molecule has 1 saturated carbocycles. The summed E-state index contributed by atoms with van der Waals surface area (Å²) in [4.78, 5) is 2.76. The molecule has 2 aromatic rings. The molecule has 1 fully saturated rings. The van der Waals surface area contributed by atoms with Gasteiger partial charge in [0.2, 0.25) is 0 Å². The lowest BCUT2D eigenvalue weighted by molar-refractivity contribution is 0.886. The molecule has 0 atom stereocenters. The maximum Gasteiger partial charge on any atom is 0.0702 e. The molecule has 1 N–H and O–H groups in total. The van der Waals surface area contributed by atoms with Crippen molar-refractivity contribution in [2.45, 2.75) is 42.4 Å². The van der Waals surface area contributed by atoms with Gasteiger partial charge in [0.15, 0.2) is 0 Å². The summed E-state index contributed by atoms with van der Waals surface area (Å²) in [5, 5.41) is 4.40. The van der Waals surface area contributed by atoms with Gasteiger partial charge in [0.25, 0.3) is 0 Å². The number of rotatable bonds is 5. The van der Waals surface area contributed by atoms with Gasteiger partial charge in [-0.1, -0.05) is 25.0 Å². The second-order valence-corrected chi connectivity index (χ2v) is 8.97. The van der Waals surface area contributed by atoms with E-state index < -0.39 is 0 Å². The van der Waals surface area contributed by atoms with Gasteiger partial charge in [-0.25, -0.2) is 0 Å². The molecule has 0 amide bonds. The molecule has 0 saturated heterocycles. The molecule has 0 aliphatic heterocycles. The summed E-state index contributed by atoms with van der Waals surface area (Å²) in [6.45, 7) is 0.901. The Kier molecular flexibility index (Phi) is 5.08. The molecule has 3 rings (SSSR count). The minimum absolute atomic E-state index is 0.814. The standard InChI is InChI=1S/C16H18BrNS2/c17-16-10-9-13(20-16)11-18-14-7-3-4-8-15(14)19-12-5-1-2-6-12/h3-4,7-10,12,18H,1-2,5-6,11H2. The van der Waals surface area contributed by atoms with Crippen LogP contribution in [-0.4, -0.2) is 5.25 Å². The number of thiophene rings is 1. The number of thioether (sulfide) groups is 1. The molecular weight excluding hydrogens is 350 g/mol. The van der Waals surface area contributed by atoms with Gasteiger partial charge < -0.3 is 5.32 Å². The predicted octanol–water partition coefficient (Wildman–Crippen LogP) is 6.16. The van der Waals surface area contributed by atoms with Crippen LogP contribution in [0.15, 0.2) is 45.1 Å². The lowest BCUT2D eigenvalue weighted by atomic mass is 10.3. The van der Waals surface area contributed by atoms with Crippen LogP contribution >= 0.6 is 39.0 Å². The van der Waals surface area contributed by atoms with Crippen LogP contribution in [0.2, 0.25) is 0 Å². The van der Waals surface area contributed by atoms with Crippen molar-refractivity contribution in [2.24, 2.45) is 0 Å². The van der Waals surface area contributed by atoms with Crippen LogP contribution in [0.3, 0.4) is 0 Å². The Hall–Kier alpha value is -0.450. The molecule has 1 aromatic heterocycles. The third-order valence-electron chi connectivity index (χ3n) is 3.56. The molecule has 1 aliphatic rings. The molecule has 0 radical (unpaired) electrons. The number of para-hydroxylation sites is 1. The topological polar surface area (TPSA) is 12.0 Å². The fourth-order valence-electron chi connectivity index (χ4n) is 2.53. The number of anilines is 1. The van der Waals surface area contributed by atoms with Crippen LogP contribution < -0.4 is 5.32 Å². The SMILES string of the molecule is Brc1ccc(CNc2ccccc2SC2CCCC2)s1. The van der Waals surface area contributed by atoms with Gasteiger partial charge in [0, 0.05) is 27.3 Å². The molecule has 1 heterocycles. The van der Waals surface area contributed by atoms with Crippen molar-refractivity contribution in [3.63, 3.8) is 0 Å². The predicted molar refractivity (Wildman–Crippen MR) is 93.9 cm³/mol. The van der Waals surface area contributed by atoms with E-state index in [4.69, 9.17) is 0 Å². The first-order valence-corrected chi connectivity index (χ1v) is 9.54. The Morgan fingerprint density at radius 3 is 2.70 bits per heavy atom. The first-order valence-electron chi connectivity index (χ1n) is 7.05. The van der Waals surface area contributed by atoms with Crippen molar-refractivity contribution in [3.05, 3.63) is 45.1 Å². The second-order valence-electron chi connectivity index (χ2n) is 5.08. The average Bonchev–Trinajstić information content (AvgIpc) is 3.10. The summed E-state index contributed by atoms with van der Waals surface area (Å²) in [6, 6.07) is 13.0. The van der Waals surface area contributed by atoms with E-state index in [1.165, 1.54) is 44.9 Å². The van der Waals surface area contributed by atoms with E-state index in [1.54, 1.807) is 11.3 Å². The molecule has 4 heteroatoms. The Bertz CT molecular complexity index is 561. The zero-order chi connectivity index (χ0) is 13.8. The second kappa shape index (κ2) is 7.01. The largest absolute Gasteiger partial charge is 0.379 e. The van der Waals surface area contributed by atoms with Crippen LogP contribution in [0.25, 0.3) is 0 Å². The number of benzene rings is 1. The fraction of sp³-hybridized carbons (Fsp3) is 0.375. The molecule has 1 aromatic carbocycles. The fourth-order valence-corrected chi connectivity index (χ4v) is 5.31. The zero-order valence-corrected chi connectivity index (χ0v) is 14.5. The molecule has 1 nitrogen and oxygen atoms in total. The van der Waals surface area contributed by atoms with Crippen molar-refractivity contribution in [3.8, 4) is 0 Å². The summed E-state index contributed by atoms with van der Waals surface area (Å²) < 4.78 is 1.20. The summed E-state index contributed by atoms with van der Waals surface area (Å²) in [5.74, 6) is 0. The van der Waals surface area contributed by atoms with Crippen molar-refractivity contribution < 1.29 is 0 Å². The van der Waals surface area contributed by atoms with E-state index in [0.717, 1.165) is 11.8 Å².